The second-order valence-corrected chi connectivity index (χ2v) is 5.63. The molecule has 0 aliphatic carbocycles. The van der Waals surface area contributed by atoms with Crippen LogP contribution in [0.25, 0.3) is 0 Å². The van der Waals surface area contributed by atoms with Gasteiger partial charge in [-0.05, 0) is 24.5 Å². The zero-order valence-corrected chi connectivity index (χ0v) is 12.7. The predicted molar refractivity (Wildman–Crippen MR) is 81.8 cm³/mol. The van der Waals surface area contributed by atoms with E-state index in [0.29, 0.717) is 5.92 Å². The lowest BCUT2D eigenvalue weighted by molar-refractivity contribution is 0.120. The third-order valence-electron chi connectivity index (χ3n) is 3.84. The molecule has 0 amide bonds. The zero-order chi connectivity index (χ0) is 14.7. The number of rotatable bonds is 5. The maximum Gasteiger partial charge on any atom is 0.111 e. The number of aryl methyl sites for hydroxylation is 1. The van der Waals surface area contributed by atoms with E-state index in [1.807, 2.05) is 25.3 Å². The van der Waals surface area contributed by atoms with Crippen LogP contribution in [-0.2, 0) is 6.42 Å². The van der Waals surface area contributed by atoms with E-state index >= 15 is 0 Å². The van der Waals surface area contributed by atoms with Gasteiger partial charge in [0.15, 0.2) is 0 Å². The molecule has 0 fully saturated rings. The van der Waals surface area contributed by atoms with E-state index in [-0.39, 0.29) is 6.04 Å². The van der Waals surface area contributed by atoms with Gasteiger partial charge in [0, 0.05) is 18.3 Å². The third-order valence-corrected chi connectivity index (χ3v) is 3.84. The third kappa shape index (κ3) is 2.93. The average Bonchev–Trinajstić information content (AvgIpc) is 2.95. The van der Waals surface area contributed by atoms with Crippen molar-refractivity contribution in [2.24, 2.45) is 0 Å². The molecule has 2 aromatic rings. The molecular formula is C17H24N2O. The second kappa shape index (κ2) is 6.23. The lowest BCUT2D eigenvalue weighted by Crippen LogP contribution is -2.17. The van der Waals surface area contributed by atoms with Gasteiger partial charge >= 0.3 is 0 Å². The van der Waals surface area contributed by atoms with Gasteiger partial charge in [-0.2, -0.15) is 0 Å². The van der Waals surface area contributed by atoms with Gasteiger partial charge in [0.1, 0.15) is 5.82 Å². The number of aromatic nitrogens is 2. The molecule has 0 saturated carbocycles. The van der Waals surface area contributed by atoms with Crippen molar-refractivity contribution in [1.29, 1.82) is 0 Å². The summed E-state index contributed by atoms with van der Waals surface area (Å²) in [6.07, 6.45) is 4.25. The Hall–Kier alpha value is -1.61. The summed E-state index contributed by atoms with van der Waals surface area (Å²) in [6.45, 7) is 8.41. The first-order chi connectivity index (χ1) is 9.54. The molecule has 108 valence electrons. The Labute approximate surface area is 121 Å². The molecule has 20 heavy (non-hydrogen) atoms. The molecule has 0 aliphatic rings. The standard InChI is InChI=1S/C17H24N2O/c1-5-14-6-8-15(9-7-14)16(20)13(4)19-11-10-18-17(19)12(2)3/h6-13,16,20H,5H2,1-4H3. The van der Waals surface area contributed by atoms with Crippen molar-refractivity contribution in [2.45, 2.75) is 52.2 Å². The van der Waals surface area contributed by atoms with Gasteiger partial charge in [-0.25, -0.2) is 4.98 Å². The Morgan fingerprint density at radius 3 is 2.35 bits per heavy atom. The highest BCUT2D eigenvalue weighted by atomic mass is 16.3. The van der Waals surface area contributed by atoms with Crippen LogP contribution in [0.4, 0.5) is 0 Å². The Morgan fingerprint density at radius 2 is 1.80 bits per heavy atom. The lowest BCUT2D eigenvalue weighted by Gasteiger charge is -2.23. The van der Waals surface area contributed by atoms with E-state index in [2.05, 4.69) is 42.5 Å². The van der Waals surface area contributed by atoms with Crippen molar-refractivity contribution in [3.05, 3.63) is 53.6 Å². The van der Waals surface area contributed by atoms with Crippen LogP contribution < -0.4 is 0 Å². The Balaban J connectivity index is 2.22. The molecule has 1 aromatic heterocycles. The minimum atomic E-state index is -0.521. The molecule has 1 heterocycles. The van der Waals surface area contributed by atoms with Crippen LogP contribution in [0.15, 0.2) is 36.7 Å². The van der Waals surface area contributed by atoms with Crippen LogP contribution in [0, 0.1) is 0 Å². The van der Waals surface area contributed by atoms with Crippen molar-refractivity contribution in [2.75, 3.05) is 0 Å². The zero-order valence-electron chi connectivity index (χ0n) is 12.7. The monoisotopic (exact) mass is 272 g/mol. The number of imidazole rings is 1. The molecule has 0 bridgehead atoms. The number of aliphatic hydroxyl groups excluding tert-OH is 1. The summed E-state index contributed by atoms with van der Waals surface area (Å²) in [7, 11) is 0. The number of hydrogen-bond donors (Lipinski definition) is 1. The van der Waals surface area contributed by atoms with Crippen LogP contribution in [0.2, 0.25) is 0 Å². The van der Waals surface area contributed by atoms with E-state index < -0.39 is 6.10 Å². The molecular weight excluding hydrogens is 248 g/mol. The van der Waals surface area contributed by atoms with Crippen molar-refractivity contribution in [3.8, 4) is 0 Å². The highest BCUT2D eigenvalue weighted by molar-refractivity contribution is 5.25. The largest absolute Gasteiger partial charge is 0.386 e. The van der Waals surface area contributed by atoms with E-state index in [9.17, 15) is 5.11 Å². The lowest BCUT2D eigenvalue weighted by atomic mass is 10.0. The Morgan fingerprint density at radius 1 is 1.15 bits per heavy atom. The van der Waals surface area contributed by atoms with E-state index in [1.54, 1.807) is 6.20 Å². The fourth-order valence-corrected chi connectivity index (χ4v) is 2.50. The van der Waals surface area contributed by atoms with Crippen molar-refractivity contribution in [1.82, 2.24) is 9.55 Å². The van der Waals surface area contributed by atoms with Crippen molar-refractivity contribution < 1.29 is 5.11 Å². The van der Waals surface area contributed by atoms with Crippen LogP contribution >= 0.6 is 0 Å². The van der Waals surface area contributed by atoms with Crippen LogP contribution in [0.1, 0.15) is 62.7 Å². The molecule has 2 unspecified atom stereocenters. The summed E-state index contributed by atoms with van der Waals surface area (Å²) < 4.78 is 2.07. The maximum atomic E-state index is 10.6. The van der Waals surface area contributed by atoms with Crippen LogP contribution in [0.5, 0.6) is 0 Å². The quantitative estimate of drug-likeness (QED) is 0.897. The van der Waals surface area contributed by atoms with Crippen molar-refractivity contribution >= 4 is 0 Å². The second-order valence-electron chi connectivity index (χ2n) is 5.63. The fourth-order valence-electron chi connectivity index (χ4n) is 2.50. The molecule has 2 rings (SSSR count). The molecule has 0 saturated heterocycles. The first kappa shape index (κ1) is 14.8. The average molecular weight is 272 g/mol. The van der Waals surface area contributed by atoms with Gasteiger partial charge in [-0.3, -0.25) is 0 Å². The number of benzene rings is 1. The number of nitrogens with zero attached hydrogens (tertiary/aromatic N) is 2. The first-order valence-electron chi connectivity index (χ1n) is 7.34. The molecule has 3 heteroatoms. The van der Waals surface area contributed by atoms with Gasteiger partial charge in [0.25, 0.3) is 0 Å². The van der Waals surface area contributed by atoms with Crippen molar-refractivity contribution in [3.63, 3.8) is 0 Å². The highest BCUT2D eigenvalue weighted by Gasteiger charge is 2.21. The van der Waals surface area contributed by atoms with Crippen LogP contribution in [-0.4, -0.2) is 14.7 Å². The smallest absolute Gasteiger partial charge is 0.111 e. The summed E-state index contributed by atoms with van der Waals surface area (Å²) in [5.74, 6) is 1.36. The number of hydrogen-bond acceptors (Lipinski definition) is 2. The molecule has 1 aromatic carbocycles. The van der Waals surface area contributed by atoms with E-state index in [0.717, 1.165) is 17.8 Å². The Bertz CT molecular complexity index is 542. The molecule has 1 N–H and O–H groups in total. The normalized spacial score (nSPS) is 14.5. The molecule has 0 radical (unpaired) electrons. The Kier molecular flexibility index (Phi) is 4.61. The molecule has 3 nitrogen and oxygen atoms in total. The van der Waals surface area contributed by atoms with E-state index in [1.165, 1.54) is 5.56 Å². The van der Waals surface area contributed by atoms with Crippen LogP contribution in [0.3, 0.4) is 0 Å². The van der Waals surface area contributed by atoms with E-state index in [4.69, 9.17) is 0 Å². The summed E-state index contributed by atoms with van der Waals surface area (Å²) >= 11 is 0. The molecule has 0 aliphatic heterocycles. The molecule has 2 atom stereocenters. The minimum absolute atomic E-state index is 0.0256. The number of aliphatic hydroxyl groups is 1. The molecule has 0 spiro atoms. The summed E-state index contributed by atoms with van der Waals surface area (Å²) in [5, 5.41) is 10.6. The van der Waals surface area contributed by atoms with Gasteiger partial charge < -0.3 is 9.67 Å². The fraction of sp³-hybridized carbons (Fsp3) is 0.471. The van der Waals surface area contributed by atoms with Gasteiger partial charge in [0.05, 0.1) is 12.1 Å². The predicted octanol–water partition coefficient (Wildman–Crippen LogP) is 3.86. The minimum Gasteiger partial charge on any atom is -0.386 e. The summed E-state index contributed by atoms with van der Waals surface area (Å²) in [4.78, 5) is 4.39. The SMILES string of the molecule is CCc1ccc(C(O)C(C)n2ccnc2C(C)C)cc1. The summed E-state index contributed by atoms with van der Waals surface area (Å²) in [6, 6.07) is 8.19. The topological polar surface area (TPSA) is 38.0 Å². The summed E-state index contributed by atoms with van der Waals surface area (Å²) in [5.41, 5.74) is 2.25. The van der Waals surface area contributed by atoms with Gasteiger partial charge in [0.2, 0.25) is 0 Å². The van der Waals surface area contributed by atoms with Gasteiger partial charge in [-0.1, -0.05) is 45.0 Å². The van der Waals surface area contributed by atoms with Gasteiger partial charge in [-0.15, -0.1) is 0 Å². The first-order valence-corrected chi connectivity index (χ1v) is 7.34. The maximum absolute atomic E-state index is 10.6. The highest BCUT2D eigenvalue weighted by Crippen LogP contribution is 2.28.